The van der Waals surface area contributed by atoms with E-state index >= 15 is 0 Å². The van der Waals surface area contributed by atoms with Gasteiger partial charge < -0.3 is 19.7 Å². The first-order chi connectivity index (χ1) is 16.2. The third-order valence-electron chi connectivity index (χ3n) is 5.44. The molecule has 3 aromatic rings. The third-order valence-corrected chi connectivity index (χ3v) is 5.81. The lowest BCUT2D eigenvalue weighted by molar-refractivity contribution is -0.117. The van der Waals surface area contributed by atoms with Crippen molar-refractivity contribution in [1.82, 2.24) is 20.0 Å². The second kappa shape index (κ2) is 9.34. The molecule has 0 saturated carbocycles. The van der Waals surface area contributed by atoms with Crippen LogP contribution >= 0.6 is 11.6 Å². The Balaban J connectivity index is 1.63. The summed E-state index contributed by atoms with van der Waals surface area (Å²) in [5.41, 5.74) is 0.416. The fraction of sp³-hybridized carbons (Fsp3) is 0.318. The van der Waals surface area contributed by atoms with Gasteiger partial charge in [0.15, 0.2) is 17.5 Å². The molecule has 0 bridgehead atoms. The molecule has 1 unspecified atom stereocenters. The number of aromatic nitrogens is 3. The van der Waals surface area contributed by atoms with Gasteiger partial charge in [-0.25, -0.2) is 8.78 Å². The number of hydrogen-bond acceptors (Lipinski definition) is 6. The number of ketones is 1. The van der Waals surface area contributed by atoms with Gasteiger partial charge >= 0.3 is 0 Å². The molecule has 2 aromatic heterocycles. The summed E-state index contributed by atoms with van der Waals surface area (Å²) in [6.45, 7) is 3.58. The van der Waals surface area contributed by atoms with Crippen LogP contribution in [-0.2, 0) is 17.8 Å². The van der Waals surface area contributed by atoms with E-state index in [1.807, 2.05) is 0 Å². The molecule has 9 nitrogen and oxygen atoms in total. The second-order valence-electron chi connectivity index (χ2n) is 7.88. The van der Waals surface area contributed by atoms with E-state index in [0.717, 1.165) is 25.0 Å². The van der Waals surface area contributed by atoms with Crippen LogP contribution in [-0.4, -0.2) is 32.3 Å². The summed E-state index contributed by atoms with van der Waals surface area (Å²) >= 11 is 6.48. The van der Waals surface area contributed by atoms with Gasteiger partial charge in [0.1, 0.15) is 11.7 Å². The number of benzene rings is 1. The van der Waals surface area contributed by atoms with Gasteiger partial charge in [0.05, 0.1) is 10.6 Å². The number of Topliss-reactive ketones (excluding diaryl/α,β-unsaturated/α-hetero) is 1. The molecule has 3 heterocycles. The smallest absolute Gasteiger partial charge is 0.294 e. The molecule has 34 heavy (non-hydrogen) atoms. The first-order valence-electron chi connectivity index (χ1n) is 10.5. The number of halogens is 3. The van der Waals surface area contributed by atoms with Crippen molar-refractivity contribution in [3.63, 3.8) is 0 Å². The molecular weight excluding hydrogens is 472 g/mol. The number of amides is 2. The van der Waals surface area contributed by atoms with E-state index in [-0.39, 0.29) is 27.9 Å². The van der Waals surface area contributed by atoms with Crippen molar-refractivity contribution in [3.05, 3.63) is 63.5 Å². The Hall–Kier alpha value is -3.60. The third kappa shape index (κ3) is 4.43. The van der Waals surface area contributed by atoms with E-state index in [4.69, 9.17) is 16.1 Å². The highest BCUT2D eigenvalue weighted by Gasteiger charge is 2.34. The van der Waals surface area contributed by atoms with Gasteiger partial charge in [0.25, 0.3) is 17.6 Å². The SMILES string of the molecule is Cc1noc(C(C)NC(=O)C(=O)c2c(Cl)c(C(=O)Nc3ccc(F)c(F)c3)c3n2CCCC3)n1. The highest BCUT2D eigenvalue weighted by molar-refractivity contribution is 6.48. The van der Waals surface area contributed by atoms with Gasteiger partial charge in [-0.3, -0.25) is 14.4 Å². The Labute approximate surface area is 197 Å². The number of rotatable bonds is 6. The fourth-order valence-corrected chi connectivity index (χ4v) is 4.23. The van der Waals surface area contributed by atoms with Crippen LogP contribution in [0.2, 0.25) is 5.02 Å². The van der Waals surface area contributed by atoms with Gasteiger partial charge in [-0.05, 0) is 45.2 Å². The number of carbonyl (C=O) groups is 3. The topological polar surface area (TPSA) is 119 Å². The fourth-order valence-electron chi connectivity index (χ4n) is 3.84. The number of carbonyl (C=O) groups excluding carboxylic acids is 3. The van der Waals surface area contributed by atoms with Crippen LogP contribution in [0, 0.1) is 18.6 Å². The molecule has 0 saturated heterocycles. The van der Waals surface area contributed by atoms with E-state index in [2.05, 4.69) is 20.8 Å². The van der Waals surface area contributed by atoms with Gasteiger partial charge in [-0.2, -0.15) is 4.98 Å². The summed E-state index contributed by atoms with van der Waals surface area (Å²) in [6, 6.07) is 2.19. The molecule has 0 aliphatic carbocycles. The number of nitrogens with zero attached hydrogens (tertiary/aromatic N) is 3. The van der Waals surface area contributed by atoms with Crippen molar-refractivity contribution in [3.8, 4) is 0 Å². The summed E-state index contributed by atoms with van der Waals surface area (Å²) < 4.78 is 33.3. The minimum Gasteiger partial charge on any atom is -0.340 e. The van der Waals surface area contributed by atoms with E-state index in [0.29, 0.717) is 24.5 Å². The predicted molar refractivity (Wildman–Crippen MR) is 117 cm³/mol. The molecule has 12 heteroatoms. The highest BCUT2D eigenvalue weighted by Crippen LogP contribution is 2.33. The lowest BCUT2D eigenvalue weighted by atomic mass is 10.1. The van der Waals surface area contributed by atoms with Gasteiger partial charge in [-0.1, -0.05) is 16.8 Å². The molecule has 4 rings (SSSR count). The summed E-state index contributed by atoms with van der Waals surface area (Å²) in [5.74, 6) is -4.25. The van der Waals surface area contributed by atoms with Crippen LogP contribution in [0.15, 0.2) is 22.7 Å². The molecule has 2 amide bonds. The highest BCUT2D eigenvalue weighted by atomic mass is 35.5. The minimum atomic E-state index is -1.12. The van der Waals surface area contributed by atoms with Crippen LogP contribution in [0.5, 0.6) is 0 Å². The Morgan fingerprint density at radius 2 is 1.97 bits per heavy atom. The normalized spacial score (nSPS) is 13.8. The van der Waals surface area contributed by atoms with Crippen LogP contribution in [0.3, 0.4) is 0 Å². The van der Waals surface area contributed by atoms with E-state index in [9.17, 15) is 23.2 Å². The second-order valence-corrected chi connectivity index (χ2v) is 8.26. The van der Waals surface area contributed by atoms with Gasteiger partial charge in [0, 0.05) is 24.0 Å². The Kier molecular flexibility index (Phi) is 6.47. The Bertz CT molecular complexity index is 1300. The van der Waals surface area contributed by atoms with Crippen molar-refractivity contribution < 1.29 is 27.7 Å². The Morgan fingerprint density at radius 3 is 2.65 bits per heavy atom. The molecule has 178 valence electrons. The molecule has 1 aromatic carbocycles. The zero-order chi connectivity index (χ0) is 24.6. The average Bonchev–Trinajstić information content (AvgIpc) is 3.36. The first kappa shape index (κ1) is 23.6. The van der Waals surface area contributed by atoms with E-state index in [1.54, 1.807) is 18.4 Å². The molecule has 0 fully saturated rings. The maximum Gasteiger partial charge on any atom is 0.294 e. The van der Waals surface area contributed by atoms with Gasteiger partial charge in [-0.15, -0.1) is 0 Å². The first-order valence-corrected chi connectivity index (χ1v) is 10.9. The van der Waals surface area contributed by atoms with Crippen LogP contribution in [0.25, 0.3) is 0 Å². The van der Waals surface area contributed by atoms with Crippen molar-refractivity contribution in [2.24, 2.45) is 0 Å². The maximum absolute atomic E-state index is 13.6. The van der Waals surface area contributed by atoms with Crippen molar-refractivity contribution >= 4 is 34.9 Å². The van der Waals surface area contributed by atoms with Gasteiger partial charge in [0.2, 0.25) is 5.89 Å². The van der Waals surface area contributed by atoms with Crippen molar-refractivity contribution in [2.75, 3.05) is 5.32 Å². The molecule has 0 radical (unpaired) electrons. The van der Waals surface area contributed by atoms with E-state index in [1.165, 1.54) is 6.07 Å². The molecular formula is C22H20ClF2N5O4. The number of fused-ring (bicyclic) bond motifs is 1. The summed E-state index contributed by atoms with van der Waals surface area (Å²) in [4.78, 5) is 42.8. The largest absolute Gasteiger partial charge is 0.340 e. The van der Waals surface area contributed by atoms with Crippen molar-refractivity contribution in [1.29, 1.82) is 0 Å². The number of aryl methyl sites for hydroxylation is 1. The quantitative estimate of drug-likeness (QED) is 0.400. The average molecular weight is 492 g/mol. The number of hydrogen-bond donors (Lipinski definition) is 2. The zero-order valence-corrected chi connectivity index (χ0v) is 19.0. The summed E-state index contributed by atoms with van der Waals surface area (Å²) in [6.07, 6.45) is 1.92. The van der Waals surface area contributed by atoms with Crippen LogP contribution in [0.4, 0.5) is 14.5 Å². The van der Waals surface area contributed by atoms with Crippen LogP contribution in [0.1, 0.15) is 64.1 Å². The molecule has 1 atom stereocenters. The number of nitrogens with one attached hydrogen (secondary N) is 2. The predicted octanol–water partition coefficient (Wildman–Crippen LogP) is 3.76. The molecule has 1 aliphatic heterocycles. The molecule has 0 spiro atoms. The zero-order valence-electron chi connectivity index (χ0n) is 18.2. The Morgan fingerprint density at radius 1 is 1.21 bits per heavy atom. The monoisotopic (exact) mass is 491 g/mol. The minimum absolute atomic E-state index is 0.0165. The van der Waals surface area contributed by atoms with E-state index < -0.39 is 35.3 Å². The standard InChI is InChI=1S/C22H20ClF2N5O4/c1-10(22-27-11(2)29-34-22)26-21(33)19(31)18-17(23)16(15-5-3-4-8-30(15)18)20(32)28-12-6-7-13(24)14(25)9-12/h6-7,9-10H,3-5,8H2,1-2H3,(H,26,33)(H,28,32). The molecule has 1 aliphatic rings. The van der Waals surface area contributed by atoms with Crippen molar-refractivity contribution in [2.45, 2.75) is 45.7 Å². The number of anilines is 1. The summed E-state index contributed by atoms with van der Waals surface area (Å²) in [7, 11) is 0. The lowest BCUT2D eigenvalue weighted by Gasteiger charge is -2.18. The van der Waals surface area contributed by atoms with Crippen LogP contribution < -0.4 is 10.6 Å². The molecule has 2 N–H and O–H groups in total. The lowest BCUT2D eigenvalue weighted by Crippen LogP contribution is -2.35. The maximum atomic E-state index is 13.6. The summed E-state index contributed by atoms with van der Waals surface area (Å²) in [5, 5.41) is 8.44.